The lowest BCUT2D eigenvalue weighted by Crippen LogP contribution is -2.65. The zero-order chi connectivity index (χ0) is 14.4. The fourth-order valence-corrected chi connectivity index (χ4v) is 4.04. The number of piperazine rings is 1. The smallest absolute Gasteiger partial charge is 0.0462 e. The molecule has 1 saturated carbocycles. The Balaban J connectivity index is 1.90. The normalized spacial score (nSPS) is 27.3. The molecule has 2 aliphatic rings. The van der Waals surface area contributed by atoms with Crippen molar-refractivity contribution >= 4 is 0 Å². The first-order valence-corrected chi connectivity index (χ1v) is 8.65. The van der Waals surface area contributed by atoms with Gasteiger partial charge in [-0.05, 0) is 38.1 Å². The van der Waals surface area contributed by atoms with E-state index in [1.54, 1.807) is 7.11 Å². The Bertz CT molecular complexity index is 274. The second-order valence-corrected chi connectivity index (χ2v) is 7.20. The van der Waals surface area contributed by atoms with Gasteiger partial charge in [0.25, 0.3) is 0 Å². The lowest BCUT2D eigenvalue weighted by Gasteiger charge is -2.51. The third kappa shape index (κ3) is 4.19. The molecule has 1 aliphatic heterocycles. The van der Waals surface area contributed by atoms with Crippen LogP contribution >= 0.6 is 0 Å². The first-order chi connectivity index (χ1) is 9.67. The van der Waals surface area contributed by atoms with Crippen LogP contribution in [-0.4, -0.2) is 49.8 Å². The Hall–Kier alpha value is -0.120. The summed E-state index contributed by atoms with van der Waals surface area (Å²) < 4.78 is 5.18. The van der Waals surface area contributed by atoms with Gasteiger partial charge >= 0.3 is 0 Å². The van der Waals surface area contributed by atoms with Crippen molar-refractivity contribution in [3.63, 3.8) is 0 Å². The van der Waals surface area contributed by atoms with Crippen LogP contribution in [0.2, 0.25) is 0 Å². The molecule has 1 spiro atoms. The summed E-state index contributed by atoms with van der Waals surface area (Å²) in [5, 5.41) is 3.93. The van der Waals surface area contributed by atoms with E-state index in [9.17, 15) is 0 Å². The SMILES string of the molecule is COCCCCN1CC2(CCCCC2)NCC1C(C)C. The standard InChI is InChI=1S/C17H34N2O/c1-15(2)16-13-18-17(9-5-4-6-10-17)14-19(16)11-7-8-12-20-3/h15-16,18H,4-14H2,1-3H3. The van der Waals surface area contributed by atoms with Crippen molar-refractivity contribution < 1.29 is 4.74 Å². The summed E-state index contributed by atoms with van der Waals surface area (Å²) in [4.78, 5) is 2.78. The summed E-state index contributed by atoms with van der Waals surface area (Å²) in [7, 11) is 1.80. The second kappa shape index (κ2) is 7.77. The summed E-state index contributed by atoms with van der Waals surface area (Å²) in [6.07, 6.45) is 9.49. The molecular formula is C17H34N2O. The molecule has 0 aromatic heterocycles. The van der Waals surface area contributed by atoms with E-state index in [0.717, 1.165) is 12.5 Å². The van der Waals surface area contributed by atoms with Crippen LogP contribution in [0.5, 0.6) is 0 Å². The van der Waals surface area contributed by atoms with E-state index >= 15 is 0 Å². The van der Waals surface area contributed by atoms with Gasteiger partial charge in [-0.2, -0.15) is 0 Å². The van der Waals surface area contributed by atoms with Gasteiger partial charge in [-0.1, -0.05) is 33.1 Å². The van der Waals surface area contributed by atoms with E-state index in [0.29, 0.717) is 11.6 Å². The largest absolute Gasteiger partial charge is 0.385 e. The maximum absolute atomic E-state index is 5.18. The molecule has 0 aromatic rings. The van der Waals surface area contributed by atoms with Crippen molar-refractivity contribution in [2.45, 2.75) is 70.4 Å². The molecule has 3 nitrogen and oxygen atoms in total. The van der Waals surface area contributed by atoms with E-state index in [-0.39, 0.29) is 0 Å². The number of hydrogen-bond acceptors (Lipinski definition) is 3. The Morgan fingerprint density at radius 1 is 1.20 bits per heavy atom. The maximum atomic E-state index is 5.18. The molecule has 0 radical (unpaired) electrons. The van der Waals surface area contributed by atoms with Gasteiger partial charge in [-0.15, -0.1) is 0 Å². The third-order valence-electron chi connectivity index (χ3n) is 5.28. The second-order valence-electron chi connectivity index (χ2n) is 7.20. The van der Waals surface area contributed by atoms with Gasteiger partial charge in [-0.3, -0.25) is 4.90 Å². The molecule has 0 aromatic carbocycles. The first kappa shape index (κ1) is 16.3. The Morgan fingerprint density at radius 2 is 1.95 bits per heavy atom. The average Bonchev–Trinajstić information content (AvgIpc) is 2.44. The minimum absolute atomic E-state index is 0.435. The lowest BCUT2D eigenvalue weighted by atomic mass is 9.78. The van der Waals surface area contributed by atoms with Gasteiger partial charge < -0.3 is 10.1 Å². The van der Waals surface area contributed by atoms with E-state index < -0.39 is 0 Å². The minimum Gasteiger partial charge on any atom is -0.385 e. The van der Waals surface area contributed by atoms with Gasteiger partial charge in [0.2, 0.25) is 0 Å². The van der Waals surface area contributed by atoms with Gasteiger partial charge in [0, 0.05) is 38.4 Å². The van der Waals surface area contributed by atoms with Crippen LogP contribution in [-0.2, 0) is 4.74 Å². The Kier molecular flexibility index (Phi) is 6.31. The summed E-state index contributed by atoms with van der Waals surface area (Å²) in [5.74, 6) is 0.742. The van der Waals surface area contributed by atoms with E-state index in [1.807, 2.05) is 0 Å². The topological polar surface area (TPSA) is 24.5 Å². The first-order valence-electron chi connectivity index (χ1n) is 8.65. The summed E-state index contributed by atoms with van der Waals surface area (Å²) >= 11 is 0. The molecule has 1 saturated heterocycles. The number of nitrogens with zero attached hydrogens (tertiary/aromatic N) is 1. The maximum Gasteiger partial charge on any atom is 0.0462 e. The number of hydrogen-bond donors (Lipinski definition) is 1. The van der Waals surface area contributed by atoms with Crippen molar-refractivity contribution in [1.29, 1.82) is 0 Å². The van der Waals surface area contributed by atoms with Crippen LogP contribution in [0.1, 0.15) is 58.8 Å². The molecule has 2 rings (SSSR count). The zero-order valence-corrected chi connectivity index (χ0v) is 13.8. The molecule has 1 aliphatic carbocycles. The zero-order valence-electron chi connectivity index (χ0n) is 13.8. The Morgan fingerprint density at radius 3 is 2.60 bits per heavy atom. The highest BCUT2D eigenvalue weighted by molar-refractivity contribution is 5.00. The molecule has 20 heavy (non-hydrogen) atoms. The van der Waals surface area contributed by atoms with Crippen LogP contribution < -0.4 is 5.32 Å². The summed E-state index contributed by atoms with van der Waals surface area (Å²) in [6, 6.07) is 0.713. The average molecular weight is 282 g/mol. The summed E-state index contributed by atoms with van der Waals surface area (Å²) in [5.41, 5.74) is 0.435. The van der Waals surface area contributed by atoms with Gasteiger partial charge in [0.15, 0.2) is 0 Å². The Labute approximate surface area is 125 Å². The van der Waals surface area contributed by atoms with Crippen LogP contribution in [0.25, 0.3) is 0 Å². The fraction of sp³-hybridized carbons (Fsp3) is 1.00. The molecule has 2 fully saturated rings. The molecule has 1 N–H and O–H groups in total. The van der Waals surface area contributed by atoms with Crippen LogP contribution in [0.3, 0.4) is 0 Å². The van der Waals surface area contributed by atoms with Crippen LogP contribution in [0.15, 0.2) is 0 Å². The van der Waals surface area contributed by atoms with Crippen molar-refractivity contribution in [3.8, 4) is 0 Å². The predicted molar refractivity (Wildman–Crippen MR) is 85.1 cm³/mol. The van der Waals surface area contributed by atoms with Crippen molar-refractivity contribution in [2.24, 2.45) is 5.92 Å². The van der Waals surface area contributed by atoms with Crippen molar-refractivity contribution in [2.75, 3.05) is 33.4 Å². The molecule has 0 bridgehead atoms. The molecular weight excluding hydrogens is 248 g/mol. The monoisotopic (exact) mass is 282 g/mol. The highest BCUT2D eigenvalue weighted by atomic mass is 16.5. The number of ether oxygens (including phenoxy) is 1. The van der Waals surface area contributed by atoms with Crippen molar-refractivity contribution in [1.82, 2.24) is 10.2 Å². The highest BCUT2D eigenvalue weighted by Crippen LogP contribution is 2.33. The van der Waals surface area contributed by atoms with Gasteiger partial charge in [0.05, 0.1) is 0 Å². The minimum atomic E-state index is 0.435. The number of rotatable bonds is 6. The highest BCUT2D eigenvalue weighted by Gasteiger charge is 2.40. The molecule has 1 atom stereocenters. The number of nitrogens with one attached hydrogen (secondary N) is 1. The van der Waals surface area contributed by atoms with E-state index in [1.165, 1.54) is 64.6 Å². The molecule has 1 heterocycles. The van der Waals surface area contributed by atoms with Crippen LogP contribution in [0.4, 0.5) is 0 Å². The quantitative estimate of drug-likeness (QED) is 0.758. The molecule has 3 heteroatoms. The molecule has 1 unspecified atom stereocenters. The third-order valence-corrected chi connectivity index (χ3v) is 5.28. The lowest BCUT2D eigenvalue weighted by molar-refractivity contribution is 0.0342. The number of unbranched alkanes of at least 4 members (excludes halogenated alkanes) is 1. The predicted octanol–water partition coefficient (Wildman–Crippen LogP) is 3.05. The summed E-state index contributed by atoms with van der Waals surface area (Å²) in [6.45, 7) is 9.34. The van der Waals surface area contributed by atoms with Gasteiger partial charge in [-0.25, -0.2) is 0 Å². The van der Waals surface area contributed by atoms with E-state index in [4.69, 9.17) is 4.74 Å². The molecule has 0 amide bonds. The van der Waals surface area contributed by atoms with Crippen molar-refractivity contribution in [3.05, 3.63) is 0 Å². The van der Waals surface area contributed by atoms with Gasteiger partial charge in [0.1, 0.15) is 0 Å². The molecule has 118 valence electrons. The van der Waals surface area contributed by atoms with Crippen LogP contribution in [0, 0.1) is 5.92 Å². The van der Waals surface area contributed by atoms with E-state index in [2.05, 4.69) is 24.1 Å². The number of methoxy groups -OCH3 is 1. The fourth-order valence-electron chi connectivity index (χ4n) is 4.04.